The van der Waals surface area contributed by atoms with E-state index in [0.29, 0.717) is 18.0 Å². The van der Waals surface area contributed by atoms with Crippen molar-refractivity contribution in [2.24, 2.45) is 0 Å². The number of benzene rings is 3. The van der Waals surface area contributed by atoms with Crippen LogP contribution in [0.4, 0.5) is 0 Å². The monoisotopic (exact) mass is 393 g/mol. The molecule has 4 nitrogen and oxygen atoms in total. The van der Waals surface area contributed by atoms with Crippen molar-refractivity contribution in [1.82, 2.24) is 9.97 Å². The molecule has 148 valence electrons. The average molecular weight is 393 g/mol. The molecule has 0 bridgehead atoms. The number of H-pyrrole nitrogens is 1. The van der Waals surface area contributed by atoms with E-state index in [1.54, 1.807) is 0 Å². The maximum Gasteiger partial charge on any atom is 0.149 e. The first-order valence-corrected chi connectivity index (χ1v) is 9.90. The Bertz CT molecular complexity index is 1220. The standard InChI is InChI=1S/C26H23N3O/c1-17-12-18(2)23(19(3)13-17)16-30-22-10-8-20(9-11-22)14-21(15-27)26-28-24-6-4-5-7-25(24)29-26/h4-14H,16H2,1-3H3,(H,28,29)/b21-14+. The van der Waals surface area contributed by atoms with Crippen LogP contribution in [-0.2, 0) is 6.61 Å². The van der Waals surface area contributed by atoms with Crippen LogP contribution in [0.1, 0.15) is 33.6 Å². The Morgan fingerprint density at radius 3 is 2.40 bits per heavy atom. The first kappa shape index (κ1) is 19.5. The Kier molecular flexibility index (Phi) is 5.36. The molecule has 0 fully saturated rings. The lowest BCUT2D eigenvalue weighted by Gasteiger charge is -2.13. The van der Waals surface area contributed by atoms with E-state index in [-0.39, 0.29) is 0 Å². The lowest BCUT2D eigenvalue weighted by atomic mass is 10.0. The smallest absolute Gasteiger partial charge is 0.149 e. The molecule has 0 aliphatic rings. The van der Waals surface area contributed by atoms with Crippen molar-refractivity contribution in [2.75, 3.05) is 0 Å². The lowest BCUT2D eigenvalue weighted by Crippen LogP contribution is -2.01. The summed E-state index contributed by atoms with van der Waals surface area (Å²) in [4.78, 5) is 7.72. The van der Waals surface area contributed by atoms with E-state index in [1.165, 1.54) is 22.3 Å². The highest BCUT2D eigenvalue weighted by Gasteiger charge is 2.08. The molecular weight excluding hydrogens is 370 g/mol. The number of aryl methyl sites for hydroxylation is 3. The number of ether oxygens (including phenoxy) is 1. The van der Waals surface area contributed by atoms with Gasteiger partial charge in [-0.1, -0.05) is 42.0 Å². The van der Waals surface area contributed by atoms with Crippen LogP contribution >= 0.6 is 0 Å². The molecule has 4 aromatic rings. The first-order valence-electron chi connectivity index (χ1n) is 9.90. The van der Waals surface area contributed by atoms with Gasteiger partial charge < -0.3 is 9.72 Å². The van der Waals surface area contributed by atoms with Gasteiger partial charge in [0.05, 0.1) is 16.6 Å². The van der Waals surface area contributed by atoms with Crippen LogP contribution in [0.2, 0.25) is 0 Å². The maximum atomic E-state index is 9.60. The molecule has 0 atom stereocenters. The minimum absolute atomic E-state index is 0.491. The summed E-state index contributed by atoms with van der Waals surface area (Å²) in [7, 11) is 0. The van der Waals surface area contributed by atoms with Gasteiger partial charge in [-0.05, 0) is 73.4 Å². The minimum atomic E-state index is 0.491. The number of aromatic amines is 1. The molecule has 0 aliphatic heterocycles. The zero-order valence-electron chi connectivity index (χ0n) is 17.4. The summed E-state index contributed by atoms with van der Waals surface area (Å²) in [6.07, 6.45) is 1.83. The van der Waals surface area contributed by atoms with Gasteiger partial charge in [-0.15, -0.1) is 0 Å². The van der Waals surface area contributed by atoms with Crippen molar-refractivity contribution in [3.05, 3.63) is 94.3 Å². The van der Waals surface area contributed by atoms with Crippen LogP contribution < -0.4 is 4.74 Å². The lowest BCUT2D eigenvalue weighted by molar-refractivity contribution is 0.304. The van der Waals surface area contributed by atoms with Gasteiger partial charge in [0.2, 0.25) is 0 Å². The number of rotatable bonds is 5. The van der Waals surface area contributed by atoms with Gasteiger partial charge in [0.25, 0.3) is 0 Å². The van der Waals surface area contributed by atoms with Crippen molar-refractivity contribution >= 4 is 22.7 Å². The van der Waals surface area contributed by atoms with Crippen LogP contribution in [0.5, 0.6) is 5.75 Å². The molecule has 1 aromatic heterocycles. The Labute approximate surface area is 176 Å². The van der Waals surface area contributed by atoms with E-state index < -0.39 is 0 Å². The number of nitrogens with one attached hydrogen (secondary N) is 1. The fourth-order valence-electron chi connectivity index (χ4n) is 3.65. The Morgan fingerprint density at radius 2 is 1.73 bits per heavy atom. The van der Waals surface area contributed by atoms with Crippen LogP contribution in [0.3, 0.4) is 0 Å². The Morgan fingerprint density at radius 1 is 1.03 bits per heavy atom. The van der Waals surface area contributed by atoms with Gasteiger partial charge in [-0.2, -0.15) is 5.26 Å². The molecule has 0 spiro atoms. The second-order valence-electron chi connectivity index (χ2n) is 7.51. The minimum Gasteiger partial charge on any atom is -0.489 e. The molecule has 1 heterocycles. The number of fused-ring (bicyclic) bond motifs is 1. The van der Waals surface area contributed by atoms with E-state index in [0.717, 1.165) is 22.3 Å². The highest BCUT2D eigenvalue weighted by Crippen LogP contribution is 2.22. The second kappa shape index (κ2) is 8.26. The molecule has 0 amide bonds. The molecule has 1 N–H and O–H groups in total. The second-order valence-corrected chi connectivity index (χ2v) is 7.51. The highest BCUT2D eigenvalue weighted by atomic mass is 16.5. The molecule has 4 rings (SSSR count). The third-order valence-electron chi connectivity index (χ3n) is 5.18. The molecule has 0 saturated carbocycles. The van der Waals surface area contributed by atoms with Crippen molar-refractivity contribution in [3.63, 3.8) is 0 Å². The summed E-state index contributed by atoms with van der Waals surface area (Å²) in [5.41, 5.74) is 8.16. The largest absolute Gasteiger partial charge is 0.489 e. The van der Waals surface area contributed by atoms with Crippen LogP contribution in [0, 0.1) is 32.1 Å². The number of allylic oxidation sites excluding steroid dienone is 1. The fourth-order valence-corrected chi connectivity index (χ4v) is 3.65. The Balaban J connectivity index is 1.51. The Hall–Kier alpha value is -3.84. The van der Waals surface area contributed by atoms with Gasteiger partial charge in [0, 0.05) is 0 Å². The molecule has 30 heavy (non-hydrogen) atoms. The highest BCUT2D eigenvalue weighted by molar-refractivity contribution is 5.90. The van der Waals surface area contributed by atoms with E-state index in [2.05, 4.69) is 48.9 Å². The quantitative estimate of drug-likeness (QED) is 0.415. The third kappa shape index (κ3) is 4.11. The molecule has 3 aromatic carbocycles. The molecule has 0 radical (unpaired) electrons. The van der Waals surface area contributed by atoms with E-state index in [9.17, 15) is 5.26 Å². The van der Waals surface area contributed by atoms with E-state index in [4.69, 9.17) is 4.74 Å². The SMILES string of the molecule is Cc1cc(C)c(COc2ccc(/C=C(\C#N)c3nc4ccccc4[nH]3)cc2)c(C)c1. The van der Waals surface area contributed by atoms with Crippen molar-refractivity contribution in [2.45, 2.75) is 27.4 Å². The third-order valence-corrected chi connectivity index (χ3v) is 5.18. The van der Waals surface area contributed by atoms with Gasteiger partial charge >= 0.3 is 0 Å². The van der Waals surface area contributed by atoms with Crippen LogP contribution in [0.15, 0.2) is 60.7 Å². The predicted molar refractivity (Wildman–Crippen MR) is 121 cm³/mol. The number of aromatic nitrogens is 2. The number of para-hydroxylation sites is 2. The number of nitrogens with zero attached hydrogens (tertiary/aromatic N) is 2. The van der Waals surface area contributed by atoms with Gasteiger partial charge in [-0.3, -0.25) is 0 Å². The topological polar surface area (TPSA) is 61.7 Å². The predicted octanol–water partition coefficient (Wildman–Crippen LogP) is 6.13. The van der Waals surface area contributed by atoms with Crippen LogP contribution in [-0.4, -0.2) is 9.97 Å². The normalized spacial score (nSPS) is 11.5. The molecule has 0 unspecified atom stereocenters. The average Bonchev–Trinajstić information content (AvgIpc) is 3.16. The first-order chi connectivity index (χ1) is 14.5. The van der Waals surface area contributed by atoms with Gasteiger partial charge in [-0.25, -0.2) is 4.98 Å². The van der Waals surface area contributed by atoms with E-state index >= 15 is 0 Å². The summed E-state index contributed by atoms with van der Waals surface area (Å²) in [5, 5.41) is 9.60. The number of hydrogen-bond donors (Lipinski definition) is 1. The fraction of sp³-hybridized carbons (Fsp3) is 0.154. The molecule has 4 heteroatoms. The summed E-state index contributed by atoms with van der Waals surface area (Å²) >= 11 is 0. The number of hydrogen-bond acceptors (Lipinski definition) is 3. The summed E-state index contributed by atoms with van der Waals surface area (Å²) in [6.45, 7) is 6.88. The van der Waals surface area contributed by atoms with Gasteiger partial charge in [0.15, 0.2) is 0 Å². The van der Waals surface area contributed by atoms with Crippen LogP contribution in [0.25, 0.3) is 22.7 Å². The van der Waals surface area contributed by atoms with Gasteiger partial charge in [0.1, 0.15) is 24.3 Å². The number of imidazole rings is 1. The summed E-state index contributed by atoms with van der Waals surface area (Å²) < 4.78 is 6.00. The van der Waals surface area contributed by atoms with Crippen molar-refractivity contribution < 1.29 is 4.74 Å². The van der Waals surface area contributed by atoms with E-state index in [1.807, 2.05) is 54.6 Å². The zero-order chi connectivity index (χ0) is 21.1. The molecule has 0 aliphatic carbocycles. The van der Waals surface area contributed by atoms with Crippen molar-refractivity contribution in [3.8, 4) is 11.8 Å². The zero-order valence-corrected chi connectivity index (χ0v) is 17.4. The van der Waals surface area contributed by atoms with Crippen molar-refractivity contribution in [1.29, 1.82) is 5.26 Å². The molecule has 0 saturated heterocycles. The molecular formula is C26H23N3O. The summed E-state index contributed by atoms with van der Waals surface area (Å²) in [6, 6.07) is 22.1. The number of nitriles is 1. The maximum absolute atomic E-state index is 9.60. The summed E-state index contributed by atoms with van der Waals surface area (Å²) in [5.74, 6) is 1.37.